The van der Waals surface area contributed by atoms with Crippen LogP contribution in [0.15, 0.2) is 30.3 Å². The van der Waals surface area contributed by atoms with E-state index in [-0.39, 0.29) is 0 Å². The van der Waals surface area contributed by atoms with E-state index in [1.807, 2.05) is 30.3 Å². The van der Waals surface area contributed by atoms with Crippen LogP contribution in [0.3, 0.4) is 0 Å². The number of benzene rings is 1. The smallest absolute Gasteiger partial charge is 0.242 e. The molecule has 1 aromatic carbocycles. The molecule has 0 saturated heterocycles. The van der Waals surface area contributed by atoms with E-state index in [2.05, 4.69) is 5.32 Å². The molecule has 18 heavy (non-hydrogen) atoms. The van der Waals surface area contributed by atoms with Crippen LogP contribution in [0.2, 0.25) is 0 Å². The number of nitrogens with two attached hydrogens (primary N) is 2. The topological polar surface area (TPSA) is 118 Å². The van der Waals surface area contributed by atoms with Gasteiger partial charge in [-0.15, -0.1) is 0 Å². The first-order valence-corrected chi connectivity index (χ1v) is 5.54. The Morgan fingerprint density at radius 1 is 1.28 bits per heavy atom. The Bertz CT molecular complexity index is 408. The fraction of sp³-hybridized carbons (Fsp3) is 0.333. The Balaban J connectivity index is 2.54. The van der Waals surface area contributed by atoms with Gasteiger partial charge in [0.15, 0.2) is 0 Å². The Labute approximate surface area is 105 Å². The highest BCUT2D eigenvalue weighted by Gasteiger charge is 2.21. The third kappa shape index (κ3) is 4.15. The van der Waals surface area contributed by atoms with Gasteiger partial charge in [-0.3, -0.25) is 9.59 Å². The second kappa shape index (κ2) is 6.73. The van der Waals surface area contributed by atoms with Crippen molar-refractivity contribution in [2.24, 2.45) is 11.5 Å². The van der Waals surface area contributed by atoms with Crippen molar-refractivity contribution >= 4 is 11.8 Å². The van der Waals surface area contributed by atoms with E-state index in [0.29, 0.717) is 6.42 Å². The normalized spacial score (nSPS) is 13.7. The maximum absolute atomic E-state index is 11.7. The van der Waals surface area contributed by atoms with Crippen molar-refractivity contribution in [2.75, 3.05) is 6.61 Å². The molecule has 0 fully saturated rings. The lowest BCUT2D eigenvalue weighted by molar-refractivity contribution is -0.128. The monoisotopic (exact) mass is 251 g/mol. The van der Waals surface area contributed by atoms with Gasteiger partial charge in [0.2, 0.25) is 11.8 Å². The van der Waals surface area contributed by atoms with Gasteiger partial charge in [0.25, 0.3) is 0 Å². The standard InChI is InChI=1S/C12H17N3O3/c13-9(6-8-4-2-1-3-5-8)12(18)15-10(7-16)11(14)17/h1-5,9-10,16H,6-7,13H2,(H2,14,17)(H,15,18). The van der Waals surface area contributed by atoms with E-state index in [1.54, 1.807) is 0 Å². The van der Waals surface area contributed by atoms with Gasteiger partial charge < -0.3 is 21.9 Å². The number of amides is 2. The summed E-state index contributed by atoms with van der Waals surface area (Å²) in [6.07, 6.45) is 0.351. The van der Waals surface area contributed by atoms with Gasteiger partial charge in [0.05, 0.1) is 12.6 Å². The summed E-state index contributed by atoms with van der Waals surface area (Å²) in [4.78, 5) is 22.5. The highest BCUT2D eigenvalue weighted by atomic mass is 16.3. The molecule has 6 N–H and O–H groups in total. The first-order chi connectivity index (χ1) is 8.54. The van der Waals surface area contributed by atoms with Gasteiger partial charge in [-0.1, -0.05) is 30.3 Å². The number of primary amides is 1. The molecule has 0 saturated carbocycles. The van der Waals surface area contributed by atoms with E-state index in [1.165, 1.54) is 0 Å². The van der Waals surface area contributed by atoms with E-state index in [0.717, 1.165) is 5.56 Å². The number of aliphatic hydroxyl groups excluding tert-OH is 1. The molecule has 0 aliphatic carbocycles. The van der Waals surface area contributed by atoms with Gasteiger partial charge in [-0.05, 0) is 12.0 Å². The highest BCUT2D eigenvalue weighted by molar-refractivity contribution is 5.89. The molecular weight excluding hydrogens is 234 g/mol. The summed E-state index contributed by atoms with van der Waals surface area (Å²) in [5.41, 5.74) is 11.6. The summed E-state index contributed by atoms with van der Waals surface area (Å²) in [7, 11) is 0. The molecule has 6 heteroatoms. The number of nitrogens with one attached hydrogen (secondary N) is 1. The minimum Gasteiger partial charge on any atom is -0.394 e. The summed E-state index contributed by atoms with van der Waals surface area (Å²) < 4.78 is 0. The maximum Gasteiger partial charge on any atom is 0.242 e. The van der Waals surface area contributed by atoms with Crippen LogP contribution in [0, 0.1) is 0 Å². The van der Waals surface area contributed by atoms with Crippen LogP contribution < -0.4 is 16.8 Å². The number of hydrogen-bond acceptors (Lipinski definition) is 4. The second-order valence-corrected chi connectivity index (χ2v) is 3.94. The van der Waals surface area contributed by atoms with Crippen molar-refractivity contribution in [1.29, 1.82) is 0 Å². The third-order valence-corrected chi connectivity index (χ3v) is 2.48. The van der Waals surface area contributed by atoms with Crippen molar-refractivity contribution in [1.82, 2.24) is 5.32 Å². The highest BCUT2D eigenvalue weighted by Crippen LogP contribution is 2.02. The average molecular weight is 251 g/mol. The Morgan fingerprint density at radius 2 is 1.89 bits per heavy atom. The Hall–Kier alpha value is -1.92. The minimum atomic E-state index is -1.10. The van der Waals surface area contributed by atoms with Crippen molar-refractivity contribution in [3.05, 3.63) is 35.9 Å². The molecule has 0 spiro atoms. The molecule has 2 unspecified atom stereocenters. The van der Waals surface area contributed by atoms with Crippen LogP contribution in [0.1, 0.15) is 5.56 Å². The van der Waals surface area contributed by atoms with Gasteiger partial charge >= 0.3 is 0 Å². The summed E-state index contributed by atoms with van der Waals surface area (Å²) >= 11 is 0. The Kier molecular flexibility index (Phi) is 5.29. The van der Waals surface area contributed by atoms with Crippen molar-refractivity contribution in [2.45, 2.75) is 18.5 Å². The summed E-state index contributed by atoms with van der Waals surface area (Å²) in [5.74, 6) is -1.31. The predicted octanol–water partition coefficient (Wildman–Crippen LogP) is -1.48. The van der Waals surface area contributed by atoms with Crippen LogP contribution in [0.4, 0.5) is 0 Å². The summed E-state index contributed by atoms with van der Waals surface area (Å²) in [6.45, 7) is -0.543. The zero-order valence-corrected chi connectivity index (χ0v) is 9.87. The number of carbonyl (C=O) groups is 2. The first kappa shape index (κ1) is 14.1. The molecular formula is C12H17N3O3. The van der Waals surface area contributed by atoms with Gasteiger partial charge in [0.1, 0.15) is 6.04 Å². The molecule has 2 amide bonds. The van der Waals surface area contributed by atoms with Gasteiger partial charge in [0, 0.05) is 0 Å². The Morgan fingerprint density at radius 3 is 2.39 bits per heavy atom. The number of rotatable bonds is 6. The molecule has 0 aliphatic heterocycles. The van der Waals surface area contributed by atoms with Crippen molar-refractivity contribution in [3.8, 4) is 0 Å². The zero-order chi connectivity index (χ0) is 13.5. The summed E-state index contributed by atoms with van der Waals surface area (Å²) in [5, 5.41) is 11.2. The van der Waals surface area contributed by atoms with E-state index in [4.69, 9.17) is 16.6 Å². The molecule has 0 radical (unpaired) electrons. The van der Waals surface area contributed by atoms with Crippen molar-refractivity contribution < 1.29 is 14.7 Å². The average Bonchev–Trinajstić information content (AvgIpc) is 2.36. The largest absolute Gasteiger partial charge is 0.394 e. The van der Waals surface area contributed by atoms with Crippen LogP contribution in [-0.4, -0.2) is 35.6 Å². The molecule has 0 heterocycles. The van der Waals surface area contributed by atoms with Crippen LogP contribution in [0.25, 0.3) is 0 Å². The third-order valence-electron chi connectivity index (χ3n) is 2.48. The lowest BCUT2D eigenvalue weighted by atomic mass is 10.1. The number of hydrogen-bond donors (Lipinski definition) is 4. The number of aliphatic hydroxyl groups is 1. The van der Waals surface area contributed by atoms with Crippen LogP contribution in [0.5, 0.6) is 0 Å². The molecule has 0 aromatic heterocycles. The molecule has 98 valence electrons. The van der Waals surface area contributed by atoms with Gasteiger partial charge in [-0.2, -0.15) is 0 Å². The van der Waals surface area contributed by atoms with E-state index < -0.39 is 30.5 Å². The SMILES string of the molecule is NC(=O)C(CO)NC(=O)C(N)Cc1ccccc1. The second-order valence-electron chi connectivity index (χ2n) is 3.94. The first-order valence-electron chi connectivity index (χ1n) is 5.54. The minimum absolute atomic E-state index is 0.351. The van der Waals surface area contributed by atoms with E-state index >= 15 is 0 Å². The van der Waals surface area contributed by atoms with Crippen LogP contribution >= 0.6 is 0 Å². The fourth-order valence-electron chi connectivity index (χ4n) is 1.45. The molecule has 1 aromatic rings. The fourth-order valence-corrected chi connectivity index (χ4v) is 1.45. The molecule has 0 aliphatic rings. The van der Waals surface area contributed by atoms with Gasteiger partial charge in [-0.25, -0.2) is 0 Å². The van der Waals surface area contributed by atoms with Crippen LogP contribution in [-0.2, 0) is 16.0 Å². The molecule has 0 bridgehead atoms. The molecule has 1 rings (SSSR count). The molecule has 6 nitrogen and oxygen atoms in total. The lowest BCUT2D eigenvalue weighted by Gasteiger charge is -2.16. The maximum atomic E-state index is 11.7. The quantitative estimate of drug-likeness (QED) is 0.493. The predicted molar refractivity (Wildman–Crippen MR) is 66.3 cm³/mol. The van der Waals surface area contributed by atoms with Crippen molar-refractivity contribution in [3.63, 3.8) is 0 Å². The summed E-state index contributed by atoms with van der Waals surface area (Å²) in [6, 6.07) is 7.37. The van der Waals surface area contributed by atoms with E-state index in [9.17, 15) is 9.59 Å². The zero-order valence-electron chi connectivity index (χ0n) is 9.87. The molecule has 2 atom stereocenters. The number of carbonyl (C=O) groups excluding carboxylic acids is 2. The lowest BCUT2D eigenvalue weighted by Crippen LogP contribution is -2.52.